The van der Waals surface area contributed by atoms with Crippen LogP contribution in [0.5, 0.6) is 0 Å². The molecule has 0 heterocycles. The van der Waals surface area contributed by atoms with Gasteiger partial charge in [0.25, 0.3) is 5.69 Å². The van der Waals surface area contributed by atoms with Crippen LogP contribution in [0.4, 0.5) is 24.5 Å². The standard InChI is InChI=1S/C14H11F3N2O2/c15-14(16,17)12-6-1-2-7-13(12)18-9-10-4-3-5-11(8-10)19(20)21/h1-8,18H,9H2. The van der Waals surface area contributed by atoms with Gasteiger partial charge < -0.3 is 5.32 Å². The van der Waals surface area contributed by atoms with E-state index in [0.717, 1.165) is 6.07 Å². The molecule has 110 valence electrons. The number of benzene rings is 2. The molecule has 0 radical (unpaired) electrons. The molecule has 2 aromatic rings. The molecule has 0 aliphatic carbocycles. The summed E-state index contributed by atoms with van der Waals surface area (Å²) in [5, 5.41) is 13.3. The molecule has 4 nitrogen and oxygen atoms in total. The second kappa shape index (κ2) is 5.82. The van der Waals surface area contributed by atoms with Crippen LogP contribution in [0.25, 0.3) is 0 Å². The van der Waals surface area contributed by atoms with E-state index in [1.165, 1.54) is 36.4 Å². The summed E-state index contributed by atoms with van der Waals surface area (Å²) in [6.45, 7) is 0.0643. The maximum atomic E-state index is 12.8. The number of nitro groups is 1. The van der Waals surface area contributed by atoms with Crippen LogP contribution in [-0.4, -0.2) is 4.92 Å². The first-order valence-corrected chi connectivity index (χ1v) is 6.01. The molecule has 2 rings (SSSR count). The minimum atomic E-state index is -4.45. The second-order valence-corrected chi connectivity index (χ2v) is 4.32. The van der Waals surface area contributed by atoms with Gasteiger partial charge in [0.05, 0.1) is 10.5 Å². The Labute approximate surface area is 118 Å². The lowest BCUT2D eigenvalue weighted by molar-refractivity contribution is -0.384. The fourth-order valence-corrected chi connectivity index (χ4v) is 1.86. The number of halogens is 3. The number of nitrogens with one attached hydrogen (secondary N) is 1. The zero-order chi connectivity index (χ0) is 15.5. The number of para-hydroxylation sites is 1. The van der Waals surface area contributed by atoms with Crippen molar-refractivity contribution in [3.8, 4) is 0 Å². The number of rotatable bonds is 4. The molecule has 0 fully saturated rings. The van der Waals surface area contributed by atoms with Crippen molar-refractivity contribution in [2.24, 2.45) is 0 Å². The summed E-state index contributed by atoms with van der Waals surface area (Å²) in [4.78, 5) is 10.1. The molecule has 0 unspecified atom stereocenters. The summed E-state index contributed by atoms with van der Waals surface area (Å²) in [6, 6.07) is 10.8. The first-order valence-electron chi connectivity index (χ1n) is 6.01. The van der Waals surface area contributed by atoms with E-state index in [9.17, 15) is 23.3 Å². The Morgan fingerprint density at radius 1 is 1.10 bits per heavy atom. The van der Waals surface area contributed by atoms with E-state index in [0.29, 0.717) is 5.56 Å². The highest BCUT2D eigenvalue weighted by molar-refractivity contribution is 5.53. The Balaban J connectivity index is 2.17. The van der Waals surface area contributed by atoms with Crippen molar-refractivity contribution < 1.29 is 18.1 Å². The van der Waals surface area contributed by atoms with Crippen LogP contribution in [0.1, 0.15) is 11.1 Å². The van der Waals surface area contributed by atoms with E-state index < -0.39 is 16.7 Å². The lowest BCUT2D eigenvalue weighted by Crippen LogP contribution is -2.10. The van der Waals surface area contributed by atoms with E-state index in [-0.39, 0.29) is 17.9 Å². The first-order chi connectivity index (χ1) is 9.88. The largest absolute Gasteiger partial charge is 0.418 e. The minimum absolute atomic E-state index is 0.0588. The lowest BCUT2D eigenvalue weighted by Gasteiger charge is -2.14. The van der Waals surface area contributed by atoms with Gasteiger partial charge in [-0.15, -0.1) is 0 Å². The third kappa shape index (κ3) is 3.71. The Morgan fingerprint density at radius 3 is 2.48 bits per heavy atom. The normalized spacial score (nSPS) is 11.2. The molecule has 0 saturated heterocycles. The fourth-order valence-electron chi connectivity index (χ4n) is 1.86. The highest BCUT2D eigenvalue weighted by atomic mass is 19.4. The zero-order valence-corrected chi connectivity index (χ0v) is 10.7. The quantitative estimate of drug-likeness (QED) is 0.678. The summed E-state index contributed by atoms with van der Waals surface area (Å²) < 4.78 is 38.4. The molecule has 0 amide bonds. The maximum Gasteiger partial charge on any atom is 0.418 e. The minimum Gasteiger partial charge on any atom is -0.380 e. The van der Waals surface area contributed by atoms with Gasteiger partial charge in [0.15, 0.2) is 0 Å². The van der Waals surface area contributed by atoms with E-state index in [1.54, 1.807) is 6.07 Å². The number of anilines is 1. The second-order valence-electron chi connectivity index (χ2n) is 4.32. The highest BCUT2D eigenvalue weighted by Crippen LogP contribution is 2.34. The van der Waals surface area contributed by atoms with Crippen LogP contribution in [0.3, 0.4) is 0 Å². The molecule has 0 saturated carbocycles. The van der Waals surface area contributed by atoms with Gasteiger partial charge in [-0.05, 0) is 17.7 Å². The van der Waals surface area contributed by atoms with Crippen molar-refractivity contribution >= 4 is 11.4 Å². The molecule has 1 N–H and O–H groups in total. The molecule has 0 spiro atoms. The molecular weight excluding hydrogens is 285 g/mol. The van der Waals surface area contributed by atoms with Crippen molar-refractivity contribution in [2.75, 3.05) is 5.32 Å². The highest BCUT2D eigenvalue weighted by Gasteiger charge is 2.33. The molecule has 2 aromatic carbocycles. The predicted octanol–water partition coefficient (Wildman–Crippen LogP) is 4.23. The van der Waals surface area contributed by atoms with E-state index in [2.05, 4.69) is 5.32 Å². The lowest BCUT2D eigenvalue weighted by atomic mass is 10.1. The third-order valence-corrected chi connectivity index (χ3v) is 2.84. The van der Waals surface area contributed by atoms with E-state index in [4.69, 9.17) is 0 Å². The van der Waals surface area contributed by atoms with Crippen LogP contribution >= 0.6 is 0 Å². The van der Waals surface area contributed by atoms with Crippen LogP contribution in [0.2, 0.25) is 0 Å². The van der Waals surface area contributed by atoms with Crippen molar-refractivity contribution in [3.63, 3.8) is 0 Å². The van der Waals surface area contributed by atoms with Crippen molar-refractivity contribution in [1.82, 2.24) is 0 Å². The SMILES string of the molecule is O=[N+]([O-])c1cccc(CNc2ccccc2C(F)(F)F)c1. The Hall–Kier alpha value is -2.57. The molecule has 21 heavy (non-hydrogen) atoms. The number of hydrogen-bond donors (Lipinski definition) is 1. The average Bonchev–Trinajstić information content (AvgIpc) is 2.45. The molecule has 7 heteroatoms. The monoisotopic (exact) mass is 296 g/mol. The zero-order valence-electron chi connectivity index (χ0n) is 10.7. The average molecular weight is 296 g/mol. The number of hydrogen-bond acceptors (Lipinski definition) is 3. The number of non-ortho nitro benzene ring substituents is 1. The van der Waals surface area contributed by atoms with Crippen LogP contribution in [0, 0.1) is 10.1 Å². The summed E-state index contributed by atoms with van der Waals surface area (Å²) in [7, 11) is 0. The summed E-state index contributed by atoms with van der Waals surface area (Å²) in [5.41, 5.74) is -0.397. The Bertz CT molecular complexity index is 657. The predicted molar refractivity (Wildman–Crippen MR) is 71.9 cm³/mol. The molecular formula is C14H11F3N2O2. The number of alkyl halides is 3. The smallest absolute Gasteiger partial charge is 0.380 e. The van der Waals surface area contributed by atoms with Gasteiger partial charge in [-0.2, -0.15) is 13.2 Å². The molecule has 0 bridgehead atoms. The maximum absolute atomic E-state index is 12.8. The fraction of sp³-hybridized carbons (Fsp3) is 0.143. The summed E-state index contributed by atoms with van der Waals surface area (Å²) >= 11 is 0. The molecule has 0 aliphatic rings. The van der Waals surface area contributed by atoms with Gasteiger partial charge in [0, 0.05) is 24.4 Å². The third-order valence-electron chi connectivity index (χ3n) is 2.84. The van der Waals surface area contributed by atoms with Crippen LogP contribution in [0.15, 0.2) is 48.5 Å². The van der Waals surface area contributed by atoms with E-state index >= 15 is 0 Å². The first kappa shape index (κ1) is 14.8. The van der Waals surface area contributed by atoms with Gasteiger partial charge in [0.1, 0.15) is 0 Å². The van der Waals surface area contributed by atoms with Crippen molar-refractivity contribution in [1.29, 1.82) is 0 Å². The van der Waals surface area contributed by atoms with Crippen LogP contribution < -0.4 is 5.32 Å². The molecule has 0 atom stereocenters. The van der Waals surface area contributed by atoms with Gasteiger partial charge in [-0.25, -0.2) is 0 Å². The Morgan fingerprint density at radius 2 is 1.81 bits per heavy atom. The van der Waals surface area contributed by atoms with Gasteiger partial charge in [0.2, 0.25) is 0 Å². The number of nitrogens with zero attached hydrogens (tertiary/aromatic N) is 1. The van der Waals surface area contributed by atoms with Gasteiger partial charge >= 0.3 is 6.18 Å². The van der Waals surface area contributed by atoms with Crippen LogP contribution in [-0.2, 0) is 12.7 Å². The Kier molecular flexibility index (Phi) is 4.11. The van der Waals surface area contributed by atoms with Gasteiger partial charge in [-0.1, -0.05) is 24.3 Å². The van der Waals surface area contributed by atoms with Crippen molar-refractivity contribution in [2.45, 2.75) is 12.7 Å². The van der Waals surface area contributed by atoms with E-state index in [1.807, 2.05) is 0 Å². The van der Waals surface area contributed by atoms with Crippen molar-refractivity contribution in [3.05, 3.63) is 69.8 Å². The number of nitro benzene ring substituents is 1. The summed E-state index contributed by atoms with van der Waals surface area (Å²) in [5.74, 6) is 0. The van der Waals surface area contributed by atoms with Gasteiger partial charge in [-0.3, -0.25) is 10.1 Å². The molecule has 0 aromatic heterocycles. The summed E-state index contributed by atoms with van der Waals surface area (Å²) in [6.07, 6.45) is -4.45. The molecule has 0 aliphatic heterocycles. The topological polar surface area (TPSA) is 55.2 Å².